The summed E-state index contributed by atoms with van der Waals surface area (Å²) in [5.41, 5.74) is 0.429. The van der Waals surface area contributed by atoms with Crippen LogP contribution in [0.25, 0.3) is 0 Å². The Morgan fingerprint density at radius 3 is 2.86 bits per heavy atom. The zero-order valence-electron chi connectivity index (χ0n) is 8.03. The highest BCUT2D eigenvalue weighted by molar-refractivity contribution is 6.00. The van der Waals surface area contributed by atoms with Crippen LogP contribution in [0.2, 0.25) is 0 Å². The maximum absolute atomic E-state index is 11.2. The van der Waals surface area contributed by atoms with E-state index < -0.39 is 0 Å². The molecule has 1 amide bonds. The summed E-state index contributed by atoms with van der Waals surface area (Å²) < 4.78 is 0. The molecule has 0 aliphatic heterocycles. The number of benzene rings is 1. The zero-order chi connectivity index (χ0) is 10.4. The molecule has 0 aromatic heterocycles. The average Bonchev–Trinajstić information content (AvgIpc) is 2.18. The molecule has 0 fully saturated rings. The quantitative estimate of drug-likeness (QED) is 0.569. The summed E-state index contributed by atoms with van der Waals surface area (Å²) in [7, 11) is 0. The summed E-state index contributed by atoms with van der Waals surface area (Å²) in [5, 5.41) is 11.9. The molecule has 0 aliphatic rings. The number of rotatable bonds is 3. The lowest BCUT2D eigenvalue weighted by atomic mass is 10.3. The van der Waals surface area contributed by atoms with Gasteiger partial charge in [-0.25, -0.2) is 0 Å². The predicted octanol–water partition coefficient (Wildman–Crippen LogP) is 2.30. The van der Waals surface area contributed by atoms with Gasteiger partial charge in [0.2, 0.25) is 5.91 Å². The number of phenols is 1. The topological polar surface area (TPSA) is 49.3 Å². The first-order valence-electron chi connectivity index (χ1n) is 4.49. The summed E-state index contributed by atoms with van der Waals surface area (Å²) in [5.74, 6) is -0.154. The van der Waals surface area contributed by atoms with Crippen molar-refractivity contribution in [1.29, 1.82) is 0 Å². The molecule has 74 valence electrons. The van der Waals surface area contributed by atoms with Crippen LogP contribution in [-0.4, -0.2) is 11.0 Å². The van der Waals surface area contributed by atoms with Crippen LogP contribution in [0.5, 0.6) is 5.75 Å². The molecule has 3 nitrogen and oxygen atoms in total. The number of allylic oxidation sites excluding steroid dienone is 1. The molecule has 3 heteroatoms. The van der Waals surface area contributed by atoms with Crippen LogP contribution in [0.4, 0.5) is 5.69 Å². The number of aromatic hydroxyl groups is 1. The third-order valence-corrected chi connectivity index (χ3v) is 1.67. The Bertz CT molecular complexity index is 345. The van der Waals surface area contributed by atoms with Crippen LogP contribution in [0, 0.1) is 0 Å². The lowest BCUT2D eigenvalue weighted by Crippen LogP contribution is -2.07. The van der Waals surface area contributed by atoms with Crippen LogP contribution >= 0.6 is 0 Å². The fraction of sp³-hybridized carbons (Fsp3) is 0.182. The van der Waals surface area contributed by atoms with Gasteiger partial charge in [-0.05, 0) is 24.6 Å². The molecule has 1 rings (SSSR count). The lowest BCUT2D eigenvalue weighted by molar-refractivity contribution is -0.111. The SMILES string of the molecule is CCC=CC(=O)Nc1ccccc1O. The molecule has 0 saturated carbocycles. The van der Waals surface area contributed by atoms with E-state index in [0.29, 0.717) is 5.69 Å². The Balaban J connectivity index is 2.65. The molecule has 0 aliphatic carbocycles. The third-order valence-electron chi connectivity index (χ3n) is 1.67. The van der Waals surface area contributed by atoms with Crippen molar-refractivity contribution in [1.82, 2.24) is 0 Å². The first-order valence-corrected chi connectivity index (χ1v) is 4.49. The second-order valence-corrected chi connectivity index (χ2v) is 2.82. The Morgan fingerprint density at radius 2 is 2.21 bits per heavy atom. The second kappa shape index (κ2) is 5.07. The largest absolute Gasteiger partial charge is 0.506 e. The molecule has 0 radical (unpaired) electrons. The minimum absolute atomic E-state index is 0.0748. The number of nitrogens with one attached hydrogen (secondary N) is 1. The number of carbonyl (C=O) groups excluding carboxylic acids is 1. The van der Waals surface area contributed by atoms with Gasteiger partial charge in [0.1, 0.15) is 5.75 Å². The van der Waals surface area contributed by atoms with Crippen molar-refractivity contribution in [2.45, 2.75) is 13.3 Å². The monoisotopic (exact) mass is 191 g/mol. The van der Waals surface area contributed by atoms with Crippen molar-refractivity contribution in [3.63, 3.8) is 0 Å². The molecular formula is C11H13NO2. The van der Waals surface area contributed by atoms with Gasteiger partial charge < -0.3 is 10.4 Å². The van der Waals surface area contributed by atoms with Gasteiger partial charge in [-0.1, -0.05) is 25.1 Å². The summed E-state index contributed by atoms with van der Waals surface area (Å²) >= 11 is 0. The van der Waals surface area contributed by atoms with Crippen LogP contribution in [0.3, 0.4) is 0 Å². The minimum Gasteiger partial charge on any atom is -0.506 e. The Hall–Kier alpha value is -1.77. The van der Waals surface area contributed by atoms with E-state index in [2.05, 4.69) is 5.32 Å². The van der Waals surface area contributed by atoms with Crippen LogP contribution in [0.1, 0.15) is 13.3 Å². The Kier molecular flexibility index (Phi) is 3.73. The molecule has 1 aromatic rings. The molecule has 0 atom stereocenters. The molecule has 1 aromatic carbocycles. The standard InChI is InChI=1S/C11H13NO2/c1-2-3-8-11(14)12-9-6-4-5-7-10(9)13/h3-8,13H,2H2,1H3,(H,12,14). The molecule has 0 heterocycles. The van der Waals surface area contributed by atoms with E-state index in [4.69, 9.17) is 0 Å². The predicted molar refractivity (Wildman–Crippen MR) is 56.2 cm³/mol. The molecule has 2 N–H and O–H groups in total. The van der Waals surface area contributed by atoms with E-state index >= 15 is 0 Å². The van der Waals surface area contributed by atoms with E-state index in [1.807, 2.05) is 6.92 Å². The summed E-state index contributed by atoms with van der Waals surface area (Å²) in [6.07, 6.45) is 4.02. The maximum atomic E-state index is 11.2. The summed E-state index contributed by atoms with van der Waals surface area (Å²) in [6, 6.07) is 6.62. The van der Waals surface area contributed by atoms with Crippen molar-refractivity contribution in [3.05, 3.63) is 36.4 Å². The number of amides is 1. The number of para-hydroxylation sites is 2. The summed E-state index contributed by atoms with van der Waals surface area (Å²) in [6.45, 7) is 1.95. The molecule has 0 spiro atoms. The highest BCUT2D eigenvalue weighted by Gasteiger charge is 2.01. The van der Waals surface area contributed by atoms with Crippen LogP contribution in [-0.2, 0) is 4.79 Å². The van der Waals surface area contributed by atoms with Gasteiger partial charge in [-0.15, -0.1) is 0 Å². The van der Waals surface area contributed by atoms with E-state index in [0.717, 1.165) is 6.42 Å². The molecule has 0 saturated heterocycles. The van der Waals surface area contributed by atoms with Crippen molar-refractivity contribution in [2.24, 2.45) is 0 Å². The van der Waals surface area contributed by atoms with E-state index in [9.17, 15) is 9.90 Å². The number of hydrogen-bond donors (Lipinski definition) is 2. The fourth-order valence-corrected chi connectivity index (χ4v) is 0.979. The van der Waals surface area contributed by atoms with Gasteiger partial charge in [0.15, 0.2) is 0 Å². The lowest BCUT2D eigenvalue weighted by Gasteiger charge is -2.03. The summed E-state index contributed by atoms with van der Waals surface area (Å²) in [4.78, 5) is 11.2. The second-order valence-electron chi connectivity index (χ2n) is 2.82. The van der Waals surface area contributed by atoms with Gasteiger partial charge in [0, 0.05) is 0 Å². The van der Waals surface area contributed by atoms with Gasteiger partial charge >= 0.3 is 0 Å². The maximum Gasteiger partial charge on any atom is 0.248 e. The highest BCUT2D eigenvalue weighted by atomic mass is 16.3. The van der Waals surface area contributed by atoms with E-state index in [1.165, 1.54) is 12.1 Å². The van der Waals surface area contributed by atoms with Crippen molar-refractivity contribution in [3.8, 4) is 5.75 Å². The number of phenolic OH excluding ortho intramolecular Hbond substituents is 1. The number of hydrogen-bond acceptors (Lipinski definition) is 2. The van der Waals surface area contributed by atoms with Crippen molar-refractivity contribution >= 4 is 11.6 Å². The Labute approximate surface area is 83.1 Å². The van der Waals surface area contributed by atoms with Gasteiger partial charge in [-0.2, -0.15) is 0 Å². The third kappa shape index (κ3) is 2.94. The van der Waals surface area contributed by atoms with E-state index in [-0.39, 0.29) is 11.7 Å². The Morgan fingerprint density at radius 1 is 1.50 bits per heavy atom. The highest BCUT2D eigenvalue weighted by Crippen LogP contribution is 2.21. The van der Waals surface area contributed by atoms with Gasteiger partial charge in [-0.3, -0.25) is 4.79 Å². The minimum atomic E-state index is -0.228. The molecule has 14 heavy (non-hydrogen) atoms. The van der Waals surface area contributed by atoms with E-state index in [1.54, 1.807) is 24.3 Å². The molecule has 0 unspecified atom stereocenters. The molecule has 0 bridgehead atoms. The van der Waals surface area contributed by atoms with Crippen LogP contribution < -0.4 is 5.32 Å². The smallest absolute Gasteiger partial charge is 0.248 e. The van der Waals surface area contributed by atoms with Crippen LogP contribution in [0.15, 0.2) is 36.4 Å². The number of anilines is 1. The zero-order valence-corrected chi connectivity index (χ0v) is 8.03. The fourth-order valence-electron chi connectivity index (χ4n) is 0.979. The first-order chi connectivity index (χ1) is 6.74. The van der Waals surface area contributed by atoms with Crippen molar-refractivity contribution in [2.75, 3.05) is 5.32 Å². The van der Waals surface area contributed by atoms with Crippen molar-refractivity contribution < 1.29 is 9.90 Å². The first kappa shape index (κ1) is 10.3. The van der Waals surface area contributed by atoms with Gasteiger partial charge in [0.25, 0.3) is 0 Å². The molecular weight excluding hydrogens is 178 g/mol. The number of carbonyl (C=O) groups is 1. The normalized spacial score (nSPS) is 10.4. The van der Waals surface area contributed by atoms with Gasteiger partial charge in [0.05, 0.1) is 5.69 Å². The average molecular weight is 191 g/mol.